The average molecular weight is 238 g/mol. The van der Waals surface area contributed by atoms with Crippen LogP contribution in [0.25, 0.3) is 0 Å². The Kier molecular flexibility index (Phi) is 5.15. The normalized spacial score (nSPS) is 12.8. The van der Waals surface area contributed by atoms with E-state index in [0.29, 0.717) is 12.5 Å². The van der Waals surface area contributed by atoms with Gasteiger partial charge in [-0.05, 0) is 19.4 Å². The minimum Gasteiger partial charge on any atom is -0.351 e. The first-order chi connectivity index (χ1) is 8.02. The lowest BCUT2D eigenvalue weighted by Crippen LogP contribution is -2.43. The lowest BCUT2D eigenvalue weighted by molar-refractivity contribution is -0.123. The van der Waals surface area contributed by atoms with Crippen molar-refractivity contribution in [2.24, 2.45) is 13.0 Å². The Morgan fingerprint density at radius 2 is 2.24 bits per heavy atom. The molecule has 1 atom stereocenters. The number of carbonyl (C=O) groups excluding carboxylic acids is 1. The number of hydrogen-bond acceptors (Lipinski definition) is 3. The van der Waals surface area contributed by atoms with Crippen LogP contribution in [0.4, 0.5) is 0 Å². The number of hydrogen-bond donors (Lipinski definition) is 2. The summed E-state index contributed by atoms with van der Waals surface area (Å²) in [6.07, 6.45) is 4.50. The summed E-state index contributed by atoms with van der Waals surface area (Å²) >= 11 is 0. The van der Waals surface area contributed by atoms with Crippen LogP contribution in [-0.4, -0.2) is 28.8 Å². The quantitative estimate of drug-likeness (QED) is 0.766. The van der Waals surface area contributed by atoms with E-state index in [0.717, 1.165) is 12.0 Å². The Hall–Kier alpha value is -1.36. The third-order valence-electron chi connectivity index (χ3n) is 2.60. The maximum absolute atomic E-state index is 11.9. The third kappa shape index (κ3) is 4.56. The van der Waals surface area contributed by atoms with Gasteiger partial charge in [-0.2, -0.15) is 5.10 Å². The second kappa shape index (κ2) is 6.39. The number of likely N-dealkylation sites (N-methyl/N-ethyl adjacent to an activating group) is 1. The number of aryl methyl sites for hydroxylation is 1. The van der Waals surface area contributed by atoms with Crippen molar-refractivity contribution in [2.45, 2.75) is 32.9 Å². The van der Waals surface area contributed by atoms with E-state index in [1.165, 1.54) is 0 Å². The van der Waals surface area contributed by atoms with Crippen LogP contribution in [0.15, 0.2) is 12.4 Å². The standard InChI is InChI=1S/C12H22N4O/c1-9(2)5-11(13-3)12(17)14-6-10-7-15-16(4)8-10/h7-9,11,13H,5-6H2,1-4H3,(H,14,17)/t11-/m0/s1. The summed E-state index contributed by atoms with van der Waals surface area (Å²) in [6.45, 7) is 4.75. The van der Waals surface area contributed by atoms with E-state index in [-0.39, 0.29) is 11.9 Å². The molecule has 17 heavy (non-hydrogen) atoms. The smallest absolute Gasteiger partial charge is 0.237 e. The molecule has 5 nitrogen and oxygen atoms in total. The SMILES string of the molecule is CN[C@@H](CC(C)C)C(=O)NCc1cnn(C)c1. The molecule has 0 aromatic carbocycles. The van der Waals surface area contributed by atoms with Crippen LogP contribution in [0.1, 0.15) is 25.8 Å². The van der Waals surface area contributed by atoms with Crippen molar-refractivity contribution in [1.29, 1.82) is 0 Å². The van der Waals surface area contributed by atoms with Gasteiger partial charge in [0.15, 0.2) is 0 Å². The van der Waals surface area contributed by atoms with Crippen molar-refractivity contribution in [3.8, 4) is 0 Å². The predicted octanol–water partition coefficient (Wildman–Crippen LogP) is 0.670. The fourth-order valence-electron chi connectivity index (χ4n) is 1.70. The van der Waals surface area contributed by atoms with E-state index in [4.69, 9.17) is 0 Å². The second-order valence-electron chi connectivity index (χ2n) is 4.71. The fourth-order valence-corrected chi connectivity index (χ4v) is 1.70. The molecule has 0 saturated carbocycles. The molecule has 0 saturated heterocycles. The summed E-state index contributed by atoms with van der Waals surface area (Å²) in [4.78, 5) is 11.9. The topological polar surface area (TPSA) is 59.0 Å². The Bertz CT molecular complexity index is 359. The van der Waals surface area contributed by atoms with Crippen LogP contribution < -0.4 is 10.6 Å². The van der Waals surface area contributed by atoms with Crippen LogP contribution in [0.3, 0.4) is 0 Å². The fraction of sp³-hybridized carbons (Fsp3) is 0.667. The monoisotopic (exact) mass is 238 g/mol. The van der Waals surface area contributed by atoms with Crippen molar-refractivity contribution in [3.05, 3.63) is 18.0 Å². The highest BCUT2D eigenvalue weighted by atomic mass is 16.2. The molecule has 0 unspecified atom stereocenters. The summed E-state index contributed by atoms with van der Waals surface area (Å²) in [6, 6.07) is -0.119. The van der Waals surface area contributed by atoms with Crippen molar-refractivity contribution >= 4 is 5.91 Å². The van der Waals surface area contributed by atoms with Gasteiger partial charge in [-0.1, -0.05) is 13.8 Å². The zero-order chi connectivity index (χ0) is 12.8. The number of nitrogens with one attached hydrogen (secondary N) is 2. The minimum absolute atomic E-state index is 0.0463. The Morgan fingerprint density at radius 3 is 2.71 bits per heavy atom. The molecule has 2 N–H and O–H groups in total. The molecule has 0 bridgehead atoms. The Balaban J connectivity index is 2.42. The molecule has 0 aliphatic carbocycles. The van der Waals surface area contributed by atoms with Gasteiger partial charge in [-0.25, -0.2) is 0 Å². The molecular formula is C12H22N4O. The predicted molar refractivity (Wildman–Crippen MR) is 67.4 cm³/mol. The molecule has 5 heteroatoms. The van der Waals surface area contributed by atoms with Gasteiger partial charge in [0.2, 0.25) is 5.91 Å². The highest BCUT2D eigenvalue weighted by molar-refractivity contribution is 5.81. The van der Waals surface area contributed by atoms with Gasteiger partial charge in [0.05, 0.1) is 12.2 Å². The molecule has 1 rings (SSSR count). The van der Waals surface area contributed by atoms with Gasteiger partial charge in [-0.15, -0.1) is 0 Å². The van der Waals surface area contributed by atoms with E-state index < -0.39 is 0 Å². The molecule has 0 radical (unpaired) electrons. The highest BCUT2D eigenvalue weighted by Gasteiger charge is 2.17. The highest BCUT2D eigenvalue weighted by Crippen LogP contribution is 2.05. The van der Waals surface area contributed by atoms with Crippen LogP contribution in [0.2, 0.25) is 0 Å². The average Bonchev–Trinajstić information content (AvgIpc) is 2.68. The van der Waals surface area contributed by atoms with E-state index >= 15 is 0 Å². The number of aromatic nitrogens is 2. The Morgan fingerprint density at radius 1 is 1.53 bits per heavy atom. The molecule has 1 aromatic rings. The molecule has 0 fully saturated rings. The zero-order valence-electron chi connectivity index (χ0n) is 11.0. The van der Waals surface area contributed by atoms with Gasteiger partial charge in [0, 0.05) is 25.4 Å². The number of rotatable bonds is 6. The van der Waals surface area contributed by atoms with Crippen LogP contribution in [-0.2, 0) is 18.4 Å². The van der Waals surface area contributed by atoms with Crippen LogP contribution in [0, 0.1) is 5.92 Å². The van der Waals surface area contributed by atoms with E-state index in [1.807, 2.05) is 20.3 Å². The molecule has 0 aliphatic heterocycles. The molecule has 1 amide bonds. The van der Waals surface area contributed by atoms with Gasteiger partial charge >= 0.3 is 0 Å². The third-order valence-corrected chi connectivity index (χ3v) is 2.60. The van der Waals surface area contributed by atoms with Crippen molar-refractivity contribution < 1.29 is 4.79 Å². The van der Waals surface area contributed by atoms with Crippen molar-refractivity contribution in [3.63, 3.8) is 0 Å². The summed E-state index contributed by atoms with van der Waals surface area (Å²) in [5.41, 5.74) is 1.01. The first-order valence-electron chi connectivity index (χ1n) is 5.95. The first-order valence-corrected chi connectivity index (χ1v) is 5.95. The summed E-state index contributed by atoms with van der Waals surface area (Å²) in [7, 11) is 3.68. The first kappa shape index (κ1) is 13.7. The maximum Gasteiger partial charge on any atom is 0.237 e. The van der Waals surface area contributed by atoms with Crippen LogP contribution >= 0.6 is 0 Å². The van der Waals surface area contributed by atoms with Crippen LogP contribution in [0.5, 0.6) is 0 Å². The number of nitrogens with zero attached hydrogens (tertiary/aromatic N) is 2. The summed E-state index contributed by atoms with van der Waals surface area (Å²) < 4.78 is 1.73. The summed E-state index contributed by atoms with van der Waals surface area (Å²) in [5, 5.41) is 10.0. The Labute approximate surface area is 103 Å². The van der Waals surface area contributed by atoms with Crippen molar-refractivity contribution in [2.75, 3.05) is 7.05 Å². The molecule has 96 valence electrons. The van der Waals surface area contributed by atoms with Gasteiger partial charge in [0.25, 0.3) is 0 Å². The lowest BCUT2D eigenvalue weighted by Gasteiger charge is -2.17. The molecular weight excluding hydrogens is 216 g/mol. The number of amides is 1. The molecule has 1 aromatic heterocycles. The number of carbonyl (C=O) groups is 1. The van der Waals surface area contributed by atoms with E-state index in [2.05, 4.69) is 29.6 Å². The molecule has 0 spiro atoms. The van der Waals surface area contributed by atoms with Crippen molar-refractivity contribution in [1.82, 2.24) is 20.4 Å². The second-order valence-corrected chi connectivity index (χ2v) is 4.71. The zero-order valence-corrected chi connectivity index (χ0v) is 11.0. The molecule has 1 heterocycles. The summed E-state index contributed by atoms with van der Waals surface area (Å²) in [5.74, 6) is 0.543. The largest absolute Gasteiger partial charge is 0.351 e. The van der Waals surface area contributed by atoms with E-state index in [9.17, 15) is 4.79 Å². The van der Waals surface area contributed by atoms with Gasteiger partial charge in [-0.3, -0.25) is 9.48 Å². The maximum atomic E-state index is 11.9. The lowest BCUT2D eigenvalue weighted by atomic mass is 10.0. The van der Waals surface area contributed by atoms with Gasteiger partial charge in [0.1, 0.15) is 0 Å². The van der Waals surface area contributed by atoms with Gasteiger partial charge < -0.3 is 10.6 Å². The molecule has 0 aliphatic rings. The minimum atomic E-state index is -0.119. The van der Waals surface area contributed by atoms with E-state index in [1.54, 1.807) is 10.9 Å².